The summed E-state index contributed by atoms with van der Waals surface area (Å²) in [4.78, 5) is 40.8. The van der Waals surface area contributed by atoms with Gasteiger partial charge in [-0.3, -0.25) is 14.4 Å². The van der Waals surface area contributed by atoms with Gasteiger partial charge >= 0.3 is 0 Å². The number of nitrogens with one attached hydrogen (secondary N) is 1. The monoisotopic (exact) mass is 391 g/mol. The summed E-state index contributed by atoms with van der Waals surface area (Å²) in [6.07, 6.45) is 3.52. The Labute approximate surface area is 164 Å². The molecule has 7 heteroatoms. The maximum atomic E-state index is 13.1. The van der Waals surface area contributed by atoms with Crippen molar-refractivity contribution < 1.29 is 14.4 Å². The molecule has 146 valence electrons. The average Bonchev–Trinajstić information content (AvgIpc) is 3.11. The van der Waals surface area contributed by atoms with Crippen molar-refractivity contribution in [2.45, 2.75) is 39.0 Å². The number of anilines is 1. The van der Waals surface area contributed by atoms with Crippen LogP contribution in [-0.2, 0) is 9.59 Å². The molecule has 0 radical (unpaired) electrons. The third-order valence-electron chi connectivity index (χ3n) is 5.26. The number of piperidine rings is 1. The fourth-order valence-corrected chi connectivity index (χ4v) is 3.89. The minimum Gasteiger partial charge on any atom is -0.356 e. The Balaban J connectivity index is 1.70. The first-order valence-corrected chi connectivity index (χ1v) is 10.1. The molecule has 1 N–H and O–H groups in total. The van der Waals surface area contributed by atoms with E-state index in [-0.39, 0.29) is 23.6 Å². The molecule has 0 spiro atoms. The van der Waals surface area contributed by atoms with Gasteiger partial charge in [0.1, 0.15) is 0 Å². The summed E-state index contributed by atoms with van der Waals surface area (Å²) in [6, 6.07) is 5.08. The van der Waals surface area contributed by atoms with E-state index in [1.807, 2.05) is 6.92 Å². The maximum absolute atomic E-state index is 13.1. The van der Waals surface area contributed by atoms with Crippen molar-refractivity contribution in [3.63, 3.8) is 0 Å². The predicted molar refractivity (Wildman–Crippen MR) is 105 cm³/mol. The van der Waals surface area contributed by atoms with Crippen LogP contribution < -0.4 is 10.2 Å². The first-order valence-electron chi connectivity index (χ1n) is 9.68. The van der Waals surface area contributed by atoms with E-state index in [1.54, 1.807) is 28.0 Å². The molecular weight excluding hydrogens is 366 g/mol. The Morgan fingerprint density at radius 2 is 1.96 bits per heavy atom. The second-order valence-corrected chi connectivity index (χ2v) is 7.60. The van der Waals surface area contributed by atoms with Crippen LogP contribution in [-0.4, -0.2) is 48.8 Å². The SMILES string of the molecule is CCCNC(=O)C1CCN(C(=O)c2ccc(Cl)cc2N2CCCC2=O)CC1. The van der Waals surface area contributed by atoms with Gasteiger partial charge in [-0.2, -0.15) is 0 Å². The molecule has 2 saturated heterocycles. The van der Waals surface area contributed by atoms with Crippen molar-refractivity contribution >= 4 is 35.0 Å². The fourth-order valence-electron chi connectivity index (χ4n) is 3.72. The first-order chi connectivity index (χ1) is 13.0. The van der Waals surface area contributed by atoms with Crippen LogP contribution in [0.1, 0.15) is 49.4 Å². The second-order valence-electron chi connectivity index (χ2n) is 7.17. The number of likely N-dealkylation sites (tertiary alicyclic amines) is 1. The van der Waals surface area contributed by atoms with Crippen LogP contribution in [0.3, 0.4) is 0 Å². The van der Waals surface area contributed by atoms with Crippen LogP contribution in [0.4, 0.5) is 5.69 Å². The number of carbonyl (C=O) groups is 3. The number of hydrogen-bond acceptors (Lipinski definition) is 3. The van der Waals surface area contributed by atoms with Gasteiger partial charge in [-0.15, -0.1) is 0 Å². The highest BCUT2D eigenvalue weighted by atomic mass is 35.5. The molecule has 0 aromatic heterocycles. The van der Waals surface area contributed by atoms with Gasteiger partial charge in [0.25, 0.3) is 5.91 Å². The lowest BCUT2D eigenvalue weighted by atomic mass is 9.95. The van der Waals surface area contributed by atoms with E-state index in [0.29, 0.717) is 61.7 Å². The number of hydrogen-bond donors (Lipinski definition) is 1. The number of carbonyl (C=O) groups excluding carboxylic acids is 3. The summed E-state index contributed by atoms with van der Waals surface area (Å²) in [7, 11) is 0. The molecule has 6 nitrogen and oxygen atoms in total. The average molecular weight is 392 g/mol. The third-order valence-corrected chi connectivity index (χ3v) is 5.49. The van der Waals surface area contributed by atoms with E-state index in [2.05, 4.69) is 5.32 Å². The molecule has 27 heavy (non-hydrogen) atoms. The first kappa shape index (κ1) is 19.7. The summed E-state index contributed by atoms with van der Waals surface area (Å²) in [5.74, 6) is -0.0318. The summed E-state index contributed by atoms with van der Waals surface area (Å²) in [5, 5.41) is 3.44. The molecule has 0 bridgehead atoms. The Morgan fingerprint density at radius 1 is 1.22 bits per heavy atom. The lowest BCUT2D eigenvalue weighted by molar-refractivity contribution is -0.126. The topological polar surface area (TPSA) is 69.7 Å². The quantitative estimate of drug-likeness (QED) is 0.839. The minimum absolute atomic E-state index is 0.0256. The molecule has 0 atom stereocenters. The molecule has 1 aromatic rings. The Bertz CT molecular complexity index is 729. The van der Waals surface area contributed by atoms with Gasteiger partial charge in [-0.1, -0.05) is 18.5 Å². The molecule has 2 aliphatic rings. The van der Waals surface area contributed by atoms with Gasteiger partial charge in [-0.05, 0) is 43.9 Å². The summed E-state index contributed by atoms with van der Waals surface area (Å²) in [6.45, 7) is 4.41. The zero-order chi connectivity index (χ0) is 19.4. The molecule has 2 fully saturated rings. The van der Waals surface area contributed by atoms with E-state index < -0.39 is 0 Å². The van der Waals surface area contributed by atoms with Crippen molar-refractivity contribution in [3.05, 3.63) is 28.8 Å². The zero-order valence-corrected chi connectivity index (χ0v) is 16.4. The standard InChI is InChI=1S/C20H26ClN3O3/c1-2-9-22-19(26)14-7-11-23(12-8-14)20(27)16-6-5-15(21)13-17(16)24-10-3-4-18(24)25/h5-6,13-14H,2-4,7-12H2,1H3,(H,22,26). The highest BCUT2D eigenvalue weighted by molar-refractivity contribution is 6.31. The number of nitrogens with zero attached hydrogens (tertiary/aromatic N) is 2. The molecule has 3 rings (SSSR count). The van der Waals surface area contributed by atoms with Crippen LogP contribution in [0.15, 0.2) is 18.2 Å². The van der Waals surface area contributed by atoms with E-state index in [0.717, 1.165) is 12.8 Å². The molecule has 0 saturated carbocycles. The predicted octanol–water partition coefficient (Wildman–Crippen LogP) is 2.85. The van der Waals surface area contributed by atoms with E-state index in [9.17, 15) is 14.4 Å². The van der Waals surface area contributed by atoms with Gasteiger partial charge in [0.15, 0.2) is 0 Å². The van der Waals surface area contributed by atoms with Crippen molar-refractivity contribution in [2.75, 3.05) is 31.1 Å². The van der Waals surface area contributed by atoms with Crippen LogP contribution in [0.5, 0.6) is 0 Å². The molecule has 3 amide bonds. The summed E-state index contributed by atoms with van der Waals surface area (Å²) in [5.41, 5.74) is 1.10. The smallest absolute Gasteiger partial charge is 0.255 e. The number of rotatable bonds is 5. The van der Waals surface area contributed by atoms with Crippen LogP contribution in [0.2, 0.25) is 5.02 Å². The molecule has 2 aliphatic heterocycles. The number of benzene rings is 1. The molecule has 1 aromatic carbocycles. The van der Waals surface area contributed by atoms with E-state index >= 15 is 0 Å². The van der Waals surface area contributed by atoms with Crippen LogP contribution >= 0.6 is 11.6 Å². The normalized spacial score (nSPS) is 18.1. The lowest BCUT2D eigenvalue weighted by Gasteiger charge is -2.32. The minimum atomic E-state index is -0.103. The molecule has 2 heterocycles. The van der Waals surface area contributed by atoms with E-state index in [1.165, 1.54) is 0 Å². The highest BCUT2D eigenvalue weighted by Gasteiger charge is 2.31. The van der Waals surface area contributed by atoms with Gasteiger partial charge in [0.2, 0.25) is 11.8 Å². The van der Waals surface area contributed by atoms with Gasteiger partial charge in [-0.25, -0.2) is 0 Å². The Morgan fingerprint density at radius 3 is 2.59 bits per heavy atom. The Hall–Kier alpha value is -2.08. The van der Waals surface area contributed by atoms with Crippen molar-refractivity contribution in [1.29, 1.82) is 0 Å². The fraction of sp³-hybridized carbons (Fsp3) is 0.550. The lowest BCUT2D eigenvalue weighted by Crippen LogP contribution is -2.43. The third kappa shape index (κ3) is 4.43. The van der Waals surface area contributed by atoms with Gasteiger partial charge in [0, 0.05) is 43.5 Å². The molecule has 0 unspecified atom stereocenters. The van der Waals surface area contributed by atoms with Crippen molar-refractivity contribution in [2.24, 2.45) is 5.92 Å². The highest BCUT2D eigenvalue weighted by Crippen LogP contribution is 2.30. The van der Waals surface area contributed by atoms with E-state index in [4.69, 9.17) is 11.6 Å². The summed E-state index contributed by atoms with van der Waals surface area (Å²) < 4.78 is 0. The van der Waals surface area contributed by atoms with Gasteiger partial charge in [0.05, 0.1) is 11.3 Å². The number of amides is 3. The van der Waals surface area contributed by atoms with Crippen LogP contribution in [0, 0.1) is 5.92 Å². The maximum Gasteiger partial charge on any atom is 0.255 e. The zero-order valence-electron chi connectivity index (χ0n) is 15.7. The van der Waals surface area contributed by atoms with Gasteiger partial charge < -0.3 is 15.1 Å². The number of halogens is 1. The van der Waals surface area contributed by atoms with Crippen molar-refractivity contribution in [1.82, 2.24) is 10.2 Å². The van der Waals surface area contributed by atoms with Crippen molar-refractivity contribution in [3.8, 4) is 0 Å². The molecular formula is C20H26ClN3O3. The largest absolute Gasteiger partial charge is 0.356 e. The van der Waals surface area contributed by atoms with Crippen LogP contribution in [0.25, 0.3) is 0 Å². The second kappa shape index (κ2) is 8.74. The molecule has 0 aliphatic carbocycles. The Kier molecular flexibility index (Phi) is 6.37. The summed E-state index contributed by atoms with van der Waals surface area (Å²) >= 11 is 6.12.